The van der Waals surface area contributed by atoms with Crippen molar-refractivity contribution in [3.8, 4) is 0 Å². The smallest absolute Gasteiger partial charge is 0.165 e. The topological polar surface area (TPSA) is 29.1 Å². The molecule has 0 spiro atoms. The summed E-state index contributed by atoms with van der Waals surface area (Å²) < 4.78 is 13.4. The van der Waals surface area contributed by atoms with E-state index in [9.17, 15) is 9.18 Å². The molecule has 0 aliphatic heterocycles. The lowest BCUT2D eigenvalue weighted by molar-refractivity contribution is 0.0976. The zero-order valence-electron chi connectivity index (χ0n) is 10.1. The van der Waals surface area contributed by atoms with E-state index < -0.39 is 5.82 Å². The van der Waals surface area contributed by atoms with Gasteiger partial charge in [-0.05, 0) is 31.2 Å². The Morgan fingerprint density at radius 3 is 2.76 bits per heavy atom. The zero-order valence-corrected chi connectivity index (χ0v) is 10.9. The molecule has 0 aliphatic carbocycles. The first kappa shape index (κ1) is 14.1. The quantitative estimate of drug-likeness (QED) is 0.625. The number of carbonyl (C=O) groups excluding carboxylic acids is 1. The highest BCUT2D eigenvalue weighted by Gasteiger charge is 2.11. The number of nitrogens with one attached hydrogen (secondary N) is 1. The molecule has 0 fully saturated rings. The number of hydrogen-bond donors (Lipinski definition) is 1. The maximum absolute atomic E-state index is 13.4. The normalized spacial score (nSPS) is 10.9. The van der Waals surface area contributed by atoms with Crippen LogP contribution in [0.5, 0.6) is 0 Å². The number of rotatable bonds is 6. The highest BCUT2D eigenvalue weighted by molar-refractivity contribution is 6.30. The molecule has 0 saturated carbocycles. The Morgan fingerprint density at radius 1 is 1.47 bits per heavy atom. The number of carbonyl (C=O) groups is 1. The first-order chi connectivity index (χ1) is 8.00. The van der Waals surface area contributed by atoms with Gasteiger partial charge in [0.2, 0.25) is 0 Å². The van der Waals surface area contributed by atoms with Crippen molar-refractivity contribution in [2.75, 3.05) is 6.54 Å². The van der Waals surface area contributed by atoms with E-state index in [2.05, 4.69) is 5.32 Å². The summed E-state index contributed by atoms with van der Waals surface area (Å²) in [6.07, 6.45) is 1.05. The van der Waals surface area contributed by atoms with Crippen molar-refractivity contribution in [1.29, 1.82) is 0 Å². The van der Waals surface area contributed by atoms with E-state index in [0.29, 0.717) is 23.9 Å². The van der Waals surface area contributed by atoms with E-state index in [4.69, 9.17) is 11.6 Å². The van der Waals surface area contributed by atoms with Gasteiger partial charge in [0.15, 0.2) is 5.78 Å². The lowest BCUT2D eigenvalue weighted by Crippen LogP contribution is -2.24. The van der Waals surface area contributed by atoms with Gasteiger partial charge in [0.25, 0.3) is 0 Å². The Morgan fingerprint density at radius 2 is 2.18 bits per heavy atom. The van der Waals surface area contributed by atoms with Crippen LogP contribution in [0.1, 0.15) is 37.0 Å². The van der Waals surface area contributed by atoms with Crippen LogP contribution >= 0.6 is 11.6 Å². The molecule has 94 valence electrons. The molecule has 1 rings (SSSR count). The predicted octanol–water partition coefficient (Wildman–Crippen LogP) is 3.44. The molecule has 0 saturated heterocycles. The lowest BCUT2D eigenvalue weighted by Gasteiger charge is -2.07. The Bertz CT molecular complexity index is 393. The zero-order chi connectivity index (χ0) is 12.8. The number of Topliss-reactive ketones (excluding diaryl/α,β-unsaturated/α-hetero) is 1. The minimum absolute atomic E-state index is 0.124. The number of hydrogen-bond acceptors (Lipinski definition) is 2. The average molecular weight is 258 g/mol. The predicted molar refractivity (Wildman–Crippen MR) is 68.1 cm³/mol. The Labute approximate surface area is 106 Å². The van der Waals surface area contributed by atoms with Gasteiger partial charge in [0, 0.05) is 17.5 Å². The molecule has 1 aromatic carbocycles. The van der Waals surface area contributed by atoms with Gasteiger partial charge in [-0.25, -0.2) is 4.39 Å². The average Bonchev–Trinajstić information content (AvgIpc) is 2.23. The molecule has 17 heavy (non-hydrogen) atoms. The molecule has 0 aliphatic rings. The van der Waals surface area contributed by atoms with Crippen LogP contribution in [-0.2, 0) is 0 Å². The van der Waals surface area contributed by atoms with E-state index in [0.717, 1.165) is 6.54 Å². The highest BCUT2D eigenvalue weighted by atomic mass is 35.5. The van der Waals surface area contributed by atoms with Gasteiger partial charge in [-0.1, -0.05) is 25.4 Å². The van der Waals surface area contributed by atoms with Gasteiger partial charge in [-0.15, -0.1) is 0 Å². The fourth-order valence-electron chi connectivity index (χ4n) is 1.49. The second-order valence-corrected chi connectivity index (χ2v) is 4.70. The maximum Gasteiger partial charge on any atom is 0.165 e. The highest BCUT2D eigenvalue weighted by Crippen LogP contribution is 2.16. The summed E-state index contributed by atoms with van der Waals surface area (Å²) in [5.41, 5.74) is 0.124. The van der Waals surface area contributed by atoms with Crippen molar-refractivity contribution in [3.05, 3.63) is 34.6 Å². The standard InChI is InChI=1S/C13H17ClFNO/c1-9(2)16-7-3-4-13(17)11-6-5-10(14)8-12(11)15/h5-6,8-9,16H,3-4,7H2,1-2H3. The van der Waals surface area contributed by atoms with E-state index in [1.807, 2.05) is 13.8 Å². The first-order valence-corrected chi connectivity index (χ1v) is 6.10. The molecule has 0 unspecified atom stereocenters. The SMILES string of the molecule is CC(C)NCCCC(=O)c1ccc(Cl)cc1F. The minimum atomic E-state index is -0.542. The molecule has 0 atom stereocenters. The summed E-state index contributed by atoms with van der Waals surface area (Å²) in [6.45, 7) is 4.85. The third-order valence-electron chi connectivity index (χ3n) is 2.36. The molecule has 1 N–H and O–H groups in total. The fourth-order valence-corrected chi connectivity index (χ4v) is 1.65. The third-order valence-corrected chi connectivity index (χ3v) is 2.60. The molecule has 4 heteroatoms. The second kappa shape index (κ2) is 6.72. The van der Waals surface area contributed by atoms with Crippen molar-refractivity contribution in [2.24, 2.45) is 0 Å². The second-order valence-electron chi connectivity index (χ2n) is 4.26. The van der Waals surface area contributed by atoms with Gasteiger partial charge in [0.1, 0.15) is 5.82 Å². The van der Waals surface area contributed by atoms with Crippen molar-refractivity contribution >= 4 is 17.4 Å². The van der Waals surface area contributed by atoms with Gasteiger partial charge in [0.05, 0.1) is 5.56 Å². The molecule has 0 radical (unpaired) electrons. The van der Waals surface area contributed by atoms with Crippen LogP contribution in [-0.4, -0.2) is 18.4 Å². The largest absolute Gasteiger partial charge is 0.315 e. The number of halogens is 2. The molecule has 0 heterocycles. The van der Waals surface area contributed by atoms with Crippen molar-refractivity contribution in [3.63, 3.8) is 0 Å². The Balaban J connectivity index is 2.47. The molecular weight excluding hydrogens is 241 g/mol. The van der Waals surface area contributed by atoms with Crippen LogP contribution in [0.2, 0.25) is 5.02 Å². The molecule has 2 nitrogen and oxygen atoms in total. The van der Waals surface area contributed by atoms with Crippen molar-refractivity contribution in [2.45, 2.75) is 32.7 Å². The van der Waals surface area contributed by atoms with Crippen LogP contribution in [0.15, 0.2) is 18.2 Å². The molecule has 0 aromatic heterocycles. The van der Waals surface area contributed by atoms with Crippen LogP contribution in [0.4, 0.5) is 4.39 Å². The van der Waals surface area contributed by atoms with Crippen LogP contribution in [0.3, 0.4) is 0 Å². The van der Waals surface area contributed by atoms with E-state index in [-0.39, 0.29) is 11.3 Å². The summed E-state index contributed by atoms with van der Waals surface area (Å²) in [7, 11) is 0. The maximum atomic E-state index is 13.4. The van der Waals surface area contributed by atoms with Crippen LogP contribution in [0.25, 0.3) is 0 Å². The summed E-state index contributed by atoms with van der Waals surface area (Å²) in [5.74, 6) is -0.718. The summed E-state index contributed by atoms with van der Waals surface area (Å²) in [6, 6.07) is 4.54. The summed E-state index contributed by atoms with van der Waals surface area (Å²) >= 11 is 5.62. The molecular formula is C13H17ClFNO. The molecule has 0 amide bonds. The molecule has 0 bridgehead atoms. The van der Waals surface area contributed by atoms with Crippen LogP contribution in [0, 0.1) is 5.82 Å². The van der Waals surface area contributed by atoms with Gasteiger partial charge in [-0.3, -0.25) is 4.79 Å². The van der Waals surface area contributed by atoms with Crippen LogP contribution < -0.4 is 5.32 Å². The van der Waals surface area contributed by atoms with E-state index >= 15 is 0 Å². The van der Waals surface area contributed by atoms with Gasteiger partial charge < -0.3 is 5.32 Å². The lowest BCUT2D eigenvalue weighted by atomic mass is 10.1. The third kappa shape index (κ3) is 4.84. The van der Waals surface area contributed by atoms with Crippen molar-refractivity contribution < 1.29 is 9.18 Å². The summed E-state index contributed by atoms with van der Waals surface area (Å²) in [5, 5.41) is 3.51. The van der Waals surface area contributed by atoms with E-state index in [1.165, 1.54) is 18.2 Å². The summed E-state index contributed by atoms with van der Waals surface area (Å²) in [4.78, 5) is 11.7. The van der Waals surface area contributed by atoms with E-state index in [1.54, 1.807) is 0 Å². The monoisotopic (exact) mass is 257 g/mol. The Hall–Kier alpha value is -0.930. The van der Waals surface area contributed by atoms with Crippen molar-refractivity contribution in [1.82, 2.24) is 5.32 Å². The molecule has 1 aromatic rings. The van der Waals surface area contributed by atoms with Gasteiger partial charge in [-0.2, -0.15) is 0 Å². The fraction of sp³-hybridized carbons (Fsp3) is 0.462. The first-order valence-electron chi connectivity index (χ1n) is 5.72. The number of benzene rings is 1. The number of ketones is 1. The Kier molecular flexibility index (Phi) is 5.59. The minimum Gasteiger partial charge on any atom is -0.315 e. The van der Waals surface area contributed by atoms with Gasteiger partial charge >= 0.3 is 0 Å².